The summed E-state index contributed by atoms with van der Waals surface area (Å²) < 4.78 is 0. The number of carbonyl (C=O) groups excluding carboxylic acids is 1. The van der Waals surface area contributed by atoms with Gasteiger partial charge in [-0.3, -0.25) is 4.79 Å². The topological polar surface area (TPSA) is 29.1 Å². The van der Waals surface area contributed by atoms with E-state index in [-0.39, 0.29) is 11.9 Å². The Balaban J connectivity index is 1.63. The normalized spacial score (nSPS) is 11.8. The van der Waals surface area contributed by atoms with Crippen molar-refractivity contribution < 1.29 is 4.79 Å². The molecule has 0 bridgehead atoms. The van der Waals surface area contributed by atoms with E-state index >= 15 is 0 Å². The molecule has 138 valence electrons. The number of benzene rings is 3. The molecule has 0 radical (unpaired) electrons. The van der Waals surface area contributed by atoms with Gasteiger partial charge in [0.25, 0.3) is 0 Å². The summed E-state index contributed by atoms with van der Waals surface area (Å²) in [4.78, 5) is 13.8. The Labute approximate surface area is 166 Å². The van der Waals surface area contributed by atoms with Crippen LogP contribution in [0.5, 0.6) is 0 Å². The molecule has 0 aliphatic rings. The molecular formula is C24H25NOS. The van der Waals surface area contributed by atoms with Gasteiger partial charge in [0, 0.05) is 17.1 Å². The Hall–Kier alpha value is -2.52. The second kappa shape index (κ2) is 9.43. The molecule has 2 nitrogen and oxygen atoms in total. The minimum Gasteiger partial charge on any atom is -0.345 e. The zero-order valence-corrected chi connectivity index (χ0v) is 16.6. The molecule has 0 aliphatic carbocycles. The van der Waals surface area contributed by atoms with Gasteiger partial charge in [-0.1, -0.05) is 77.9 Å². The number of rotatable bonds is 7. The van der Waals surface area contributed by atoms with Crippen LogP contribution in [0.2, 0.25) is 0 Å². The maximum atomic E-state index is 12.6. The van der Waals surface area contributed by atoms with Gasteiger partial charge in [-0.2, -0.15) is 0 Å². The van der Waals surface area contributed by atoms with Gasteiger partial charge in [-0.15, -0.1) is 11.8 Å². The van der Waals surface area contributed by atoms with E-state index in [4.69, 9.17) is 0 Å². The summed E-state index contributed by atoms with van der Waals surface area (Å²) in [6, 6.07) is 26.8. The maximum Gasteiger partial charge on any atom is 0.221 e. The number of carbonyl (C=O) groups is 1. The molecule has 1 N–H and O–H groups in total. The molecule has 1 atom stereocenters. The molecule has 1 amide bonds. The van der Waals surface area contributed by atoms with Gasteiger partial charge >= 0.3 is 0 Å². The molecule has 0 saturated carbocycles. The Morgan fingerprint density at radius 2 is 1.37 bits per heavy atom. The third-order valence-electron chi connectivity index (χ3n) is 4.47. The average molecular weight is 376 g/mol. The zero-order valence-electron chi connectivity index (χ0n) is 15.8. The number of aryl methyl sites for hydroxylation is 2. The lowest BCUT2D eigenvalue weighted by Crippen LogP contribution is -2.29. The van der Waals surface area contributed by atoms with E-state index in [1.165, 1.54) is 16.0 Å². The number of hydrogen-bond donors (Lipinski definition) is 1. The van der Waals surface area contributed by atoms with Gasteiger partial charge in [0.15, 0.2) is 0 Å². The summed E-state index contributed by atoms with van der Waals surface area (Å²) in [5.41, 5.74) is 4.67. The van der Waals surface area contributed by atoms with Gasteiger partial charge in [0.05, 0.1) is 6.04 Å². The fourth-order valence-electron chi connectivity index (χ4n) is 2.89. The Morgan fingerprint density at radius 3 is 2.00 bits per heavy atom. The van der Waals surface area contributed by atoms with Crippen LogP contribution in [0.1, 0.15) is 34.7 Å². The van der Waals surface area contributed by atoms with Crippen molar-refractivity contribution in [3.05, 3.63) is 101 Å². The van der Waals surface area contributed by atoms with Crippen LogP contribution in [0, 0.1) is 13.8 Å². The van der Waals surface area contributed by atoms with Crippen LogP contribution in [0.15, 0.2) is 83.8 Å². The first-order valence-corrected chi connectivity index (χ1v) is 10.2. The number of hydrogen-bond acceptors (Lipinski definition) is 2. The minimum atomic E-state index is -0.122. The standard InChI is InChI=1S/C24H25NOS/c1-18-8-12-21(13-9-18)24(20-6-4-3-5-7-20)25-23(26)16-17-27-22-14-10-19(2)11-15-22/h3-15,24H,16-17H2,1-2H3,(H,25,26). The SMILES string of the molecule is Cc1ccc(SCCC(=O)NC(c2ccccc2)c2ccc(C)cc2)cc1. The minimum absolute atomic E-state index is 0.0732. The number of nitrogens with one attached hydrogen (secondary N) is 1. The van der Waals surface area contributed by atoms with E-state index in [1.54, 1.807) is 11.8 Å². The first kappa shape index (κ1) is 19.2. The average Bonchev–Trinajstić information content (AvgIpc) is 2.69. The van der Waals surface area contributed by atoms with E-state index in [9.17, 15) is 4.79 Å². The van der Waals surface area contributed by atoms with Crippen LogP contribution in [0.3, 0.4) is 0 Å². The van der Waals surface area contributed by atoms with Crippen molar-refractivity contribution in [2.45, 2.75) is 31.2 Å². The highest BCUT2D eigenvalue weighted by Gasteiger charge is 2.16. The van der Waals surface area contributed by atoms with Crippen LogP contribution < -0.4 is 5.32 Å². The third-order valence-corrected chi connectivity index (χ3v) is 5.48. The van der Waals surface area contributed by atoms with Crippen molar-refractivity contribution in [1.82, 2.24) is 5.32 Å². The van der Waals surface area contributed by atoms with Crippen molar-refractivity contribution in [2.75, 3.05) is 5.75 Å². The Bertz CT molecular complexity index is 857. The molecule has 3 rings (SSSR count). The summed E-state index contributed by atoms with van der Waals surface area (Å²) in [7, 11) is 0. The van der Waals surface area contributed by atoms with Crippen molar-refractivity contribution in [3.63, 3.8) is 0 Å². The van der Waals surface area contributed by atoms with Gasteiger partial charge < -0.3 is 5.32 Å². The molecule has 0 spiro atoms. The van der Waals surface area contributed by atoms with Crippen LogP contribution in [-0.2, 0) is 4.79 Å². The molecule has 3 aromatic rings. The molecule has 3 aromatic carbocycles. The lowest BCUT2D eigenvalue weighted by molar-refractivity contribution is -0.121. The predicted molar refractivity (Wildman–Crippen MR) is 114 cm³/mol. The molecule has 3 heteroatoms. The highest BCUT2D eigenvalue weighted by Crippen LogP contribution is 2.23. The van der Waals surface area contributed by atoms with E-state index in [0.29, 0.717) is 6.42 Å². The number of thioether (sulfide) groups is 1. The van der Waals surface area contributed by atoms with E-state index in [1.807, 2.05) is 18.2 Å². The zero-order chi connectivity index (χ0) is 19.1. The first-order chi connectivity index (χ1) is 13.1. The summed E-state index contributed by atoms with van der Waals surface area (Å²) in [5, 5.41) is 3.21. The van der Waals surface area contributed by atoms with E-state index in [0.717, 1.165) is 16.9 Å². The van der Waals surface area contributed by atoms with Crippen molar-refractivity contribution >= 4 is 17.7 Å². The van der Waals surface area contributed by atoms with Gasteiger partial charge in [-0.25, -0.2) is 0 Å². The monoisotopic (exact) mass is 375 g/mol. The van der Waals surface area contributed by atoms with Crippen molar-refractivity contribution in [2.24, 2.45) is 0 Å². The second-order valence-corrected chi connectivity index (χ2v) is 7.90. The fourth-order valence-corrected chi connectivity index (χ4v) is 3.74. The maximum absolute atomic E-state index is 12.6. The lowest BCUT2D eigenvalue weighted by atomic mass is 9.97. The Kier molecular flexibility index (Phi) is 6.72. The van der Waals surface area contributed by atoms with Crippen LogP contribution in [0.4, 0.5) is 0 Å². The molecule has 0 aromatic heterocycles. The molecule has 1 unspecified atom stereocenters. The van der Waals surface area contributed by atoms with Crippen LogP contribution >= 0.6 is 11.8 Å². The fraction of sp³-hybridized carbons (Fsp3) is 0.208. The molecule has 27 heavy (non-hydrogen) atoms. The molecule has 0 saturated heterocycles. The highest BCUT2D eigenvalue weighted by molar-refractivity contribution is 7.99. The van der Waals surface area contributed by atoms with Crippen LogP contribution in [0.25, 0.3) is 0 Å². The molecule has 0 aliphatic heterocycles. The quantitative estimate of drug-likeness (QED) is 0.537. The summed E-state index contributed by atoms with van der Waals surface area (Å²) in [5.74, 6) is 0.841. The van der Waals surface area contributed by atoms with E-state index < -0.39 is 0 Å². The summed E-state index contributed by atoms with van der Waals surface area (Å²) >= 11 is 1.72. The molecule has 0 heterocycles. The second-order valence-electron chi connectivity index (χ2n) is 6.73. The number of amides is 1. The van der Waals surface area contributed by atoms with Crippen molar-refractivity contribution in [1.29, 1.82) is 0 Å². The first-order valence-electron chi connectivity index (χ1n) is 9.22. The third kappa shape index (κ3) is 5.73. The molecular weight excluding hydrogens is 350 g/mol. The largest absolute Gasteiger partial charge is 0.345 e. The van der Waals surface area contributed by atoms with Gasteiger partial charge in [0.2, 0.25) is 5.91 Å². The summed E-state index contributed by atoms with van der Waals surface area (Å²) in [6.45, 7) is 4.15. The highest BCUT2D eigenvalue weighted by atomic mass is 32.2. The van der Waals surface area contributed by atoms with Crippen LogP contribution in [-0.4, -0.2) is 11.7 Å². The molecule has 0 fully saturated rings. The van der Waals surface area contributed by atoms with Crippen molar-refractivity contribution in [3.8, 4) is 0 Å². The van der Waals surface area contributed by atoms with Gasteiger partial charge in [-0.05, 0) is 37.1 Å². The summed E-state index contributed by atoms with van der Waals surface area (Å²) in [6.07, 6.45) is 0.494. The predicted octanol–water partition coefficient (Wildman–Crippen LogP) is 5.69. The van der Waals surface area contributed by atoms with E-state index in [2.05, 4.69) is 79.8 Å². The van der Waals surface area contributed by atoms with Gasteiger partial charge in [0.1, 0.15) is 0 Å². The Morgan fingerprint density at radius 1 is 0.815 bits per heavy atom. The smallest absolute Gasteiger partial charge is 0.221 e. The lowest BCUT2D eigenvalue weighted by Gasteiger charge is -2.20.